The molecule has 0 bridgehead atoms. The summed E-state index contributed by atoms with van der Waals surface area (Å²) in [4.78, 5) is 24.8. The zero-order valence-corrected chi connectivity index (χ0v) is 9.92. The summed E-state index contributed by atoms with van der Waals surface area (Å²) in [6, 6.07) is 0. The summed E-state index contributed by atoms with van der Waals surface area (Å²) in [5.41, 5.74) is 0. The minimum absolute atomic E-state index is 0.0228. The van der Waals surface area contributed by atoms with Gasteiger partial charge in [-0.05, 0) is 6.42 Å². The largest absolute Gasteiger partial charge is 0.356 e. The van der Waals surface area contributed by atoms with Gasteiger partial charge in [-0.15, -0.1) is 0 Å². The van der Waals surface area contributed by atoms with Crippen molar-refractivity contribution in [3.05, 3.63) is 0 Å². The highest BCUT2D eigenvalue weighted by Crippen LogP contribution is 1.99. The summed E-state index contributed by atoms with van der Waals surface area (Å²) in [6.45, 7) is 5.93. The van der Waals surface area contributed by atoms with Crippen LogP contribution in [0, 0.1) is 0 Å². The minimum Gasteiger partial charge on any atom is -0.356 e. The molecule has 92 valence electrons. The lowest BCUT2D eigenvalue weighted by molar-refractivity contribution is -0.134. The number of carbonyl (C=O) groups is 2. The molecule has 0 aromatic rings. The Morgan fingerprint density at radius 2 is 1.94 bits per heavy atom. The maximum Gasteiger partial charge on any atom is 0.223 e. The van der Waals surface area contributed by atoms with Crippen molar-refractivity contribution in [3.63, 3.8) is 0 Å². The van der Waals surface area contributed by atoms with E-state index >= 15 is 0 Å². The van der Waals surface area contributed by atoms with Crippen molar-refractivity contribution < 1.29 is 9.59 Å². The van der Waals surface area contributed by atoms with Crippen LogP contribution in [0.25, 0.3) is 0 Å². The normalized spacial score (nSPS) is 15.9. The number of rotatable bonds is 5. The average molecular weight is 227 g/mol. The molecule has 0 atom stereocenters. The maximum atomic E-state index is 11.7. The molecule has 0 aromatic heterocycles. The second kappa shape index (κ2) is 7.22. The Bertz CT molecular complexity index is 237. The molecule has 0 aromatic carbocycles. The molecule has 1 rings (SSSR count). The second-order valence-corrected chi connectivity index (χ2v) is 3.98. The topological polar surface area (TPSA) is 61.4 Å². The molecule has 0 saturated carbocycles. The lowest BCUT2D eigenvalue weighted by Crippen LogP contribution is -2.46. The summed E-state index contributed by atoms with van der Waals surface area (Å²) in [5.74, 6) is 0.0680. The van der Waals surface area contributed by atoms with E-state index in [1.54, 1.807) is 0 Å². The van der Waals surface area contributed by atoms with Gasteiger partial charge in [-0.25, -0.2) is 0 Å². The smallest absolute Gasteiger partial charge is 0.223 e. The van der Waals surface area contributed by atoms with E-state index < -0.39 is 0 Å². The molecule has 1 saturated heterocycles. The average Bonchev–Trinajstić information content (AvgIpc) is 2.34. The highest BCUT2D eigenvalue weighted by Gasteiger charge is 2.16. The number of nitrogens with one attached hydrogen (secondary N) is 2. The van der Waals surface area contributed by atoms with Gasteiger partial charge in [0.2, 0.25) is 11.8 Å². The fourth-order valence-corrected chi connectivity index (χ4v) is 1.65. The van der Waals surface area contributed by atoms with E-state index in [9.17, 15) is 9.59 Å². The number of hydrogen-bond acceptors (Lipinski definition) is 3. The van der Waals surface area contributed by atoms with Crippen molar-refractivity contribution in [3.8, 4) is 0 Å². The second-order valence-electron chi connectivity index (χ2n) is 3.98. The number of hydrogen-bond donors (Lipinski definition) is 2. The van der Waals surface area contributed by atoms with Gasteiger partial charge < -0.3 is 15.5 Å². The Morgan fingerprint density at radius 1 is 1.25 bits per heavy atom. The zero-order chi connectivity index (χ0) is 11.8. The first-order chi connectivity index (χ1) is 7.74. The van der Waals surface area contributed by atoms with E-state index in [2.05, 4.69) is 10.6 Å². The Kier molecular flexibility index (Phi) is 5.85. The van der Waals surface area contributed by atoms with Crippen LogP contribution in [0.2, 0.25) is 0 Å². The van der Waals surface area contributed by atoms with E-state index in [0.717, 1.165) is 32.6 Å². The van der Waals surface area contributed by atoms with Gasteiger partial charge in [0.25, 0.3) is 0 Å². The van der Waals surface area contributed by atoms with Crippen LogP contribution in [0.3, 0.4) is 0 Å². The van der Waals surface area contributed by atoms with E-state index in [4.69, 9.17) is 0 Å². The SMILES string of the molecule is CCCNC(=O)CCC(=O)N1CCNCC1. The van der Waals surface area contributed by atoms with Crippen LogP contribution in [-0.2, 0) is 9.59 Å². The Balaban J connectivity index is 2.15. The Labute approximate surface area is 96.6 Å². The molecule has 5 nitrogen and oxygen atoms in total. The number of amides is 2. The van der Waals surface area contributed by atoms with Gasteiger partial charge in [0.1, 0.15) is 0 Å². The quantitative estimate of drug-likeness (QED) is 0.679. The van der Waals surface area contributed by atoms with Crippen molar-refractivity contribution in [1.82, 2.24) is 15.5 Å². The molecule has 0 unspecified atom stereocenters. The molecule has 1 heterocycles. The van der Waals surface area contributed by atoms with Crippen LogP contribution in [0.15, 0.2) is 0 Å². The van der Waals surface area contributed by atoms with E-state index in [1.165, 1.54) is 0 Å². The summed E-state index contributed by atoms with van der Waals surface area (Å²) in [5, 5.41) is 5.96. The highest BCUT2D eigenvalue weighted by molar-refractivity contribution is 5.83. The first kappa shape index (κ1) is 13.0. The van der Waals surface area contributed by atoms with Crippen LogP contribution < -0.4 is 10.6 Å². The lowest BCUT2D eigenvalue weighted by atomic mass is 10.2. The predicted octanol–water partition coefficient (Wildman–Crippen LogP) is -0.275. The van der Waals surface area contributed by atoms with Crippen LogP contribution in [-0.4, -0.2) is 49.4 Å². The molecule has 5 heteroatoms. The van der Waals surface area contributed by atoms with Gasteiger partial charge in [0.05, 0.1) is 0 Å². The van der Waals surface area contributed by atoms with Gasteiger partial charge in [0, 0.05) is 45.6 Å². The molecule has 0 radical (unpaired) electrons. The predicted molar refractivity (Wildman–Crippen MR) is 62.0 cm³/mol. The first-order valence-corrected chi connectivity index (χ1v) is 5.99. The number of nitrogens with zero attached hydrogens (tertiary/aromatic N) is 1. The molecule has 1 fully saturated rings. The van der Waals surface area contributed by atoms with Crippen LogP contribution >= 0.6 is 0 Å². The molecular weight excluding hydrogens is 206 g/mol. The van der Waals surface area contributed by atoms with Crippen molar-refractivity contribution in [2.75, 3.05) is 32.7 Å². The lowest BCUT2D eigenvalue weighted by Gasteiger charge is -2.27. The van der Waals surface area contributed by atoms with Gasteiger partial charge in [-0.3, -0.25) is 9.59 Å². The fourth-order valence-electron chi connectivity index (χ4n) is 1.65. The van der Waals surface area contributed by atoms with Gasteiger partial charge >= 0.3 is 0 Å². The van der Waals surface area contributed by atoms with Crippen molar-refractivity contribution in [2.45, 2.75) is 26.2 Å². The summed E-state index contributed by atoms with van der Waals surface area (Å²) in [6.07, 6.45) is 1.57. The summed E-state index contributed by atoms with van der Waals surface area (Å²) in [7, 11) is 0. The molecule has 16 heavy (non-hydrogen) atoms. The first-order valence-electron chi connectivity index (χ1n) is 5.99. The van der Waals surface area contributed by atoms with Crippen molar-refractivity contribution in [2.24, 2.45) is 0 Å². The molecule has 0 aliphatic carbocycles. The van der Waals surface area contributed by atoms with E-state index in [1.807, 2.05) is 11.8 Å². The third-order valence-corrected chi connectivity index (χ3v) is 2.61. The van der Waals surface area contributed by atoms with Gasteiger partial charge in [0.15, 0.2) is 0 Å². The third kappa shape index (κ3) is 4.61. The molecular formula is C11H21N3O2. The Morgan fingerprint density at radius 3 is 2.56 bits per heavy atom. The number of piperazine rings is 1. The van der Waals surface area contributed by atoms with Crippen molar-refractivity contribution >= 4 is 11.8 Å². The molecule has 0 spiro atoms. The highest BCUT2D eigenvalue weighted by atomic mass is 16.2. The van der Waals surface area contributed by atoms with Crippen molar-refractivity contribution in [1.29, 1.82) is 0 Å². The third-order valence-electron chi connectivity index (χ3n) is 2.61. The molecule has 2 N–H and O–H groups in total. The van der Waals surface area contributed by atoms with Gasteiger partial charge in [-0.1, -0.05) is 6.92 Å². The van der Waals surface area contributed by atoms with Crippen LogP contribution in [0.5, 0.6) is 0 Å². The summed E-state index contributed by atoms with van der Waals surface area (Å²) >= 11 is 0. The number of carbonyl (C=O) groups excluding carboxylic acids is 2. The zero-order valence-electron chi connectivity index (χ0n) is 9.92. The molecule has 1 aliphatic rings. The van der Waals surface area contributed by atoms with Crippen LogP contribution in [0.4, 0.5) is 0 Å². The fraction of sp³-hybridized carbons (Fsp3) is 0.818. The summed E-state index contributed by atoms with van der Waals surface area (Å²) < 4.78 is 0. The van der Waals surface area contributed by atoms with Crippen LogP contribution in [0.1, 0.15) is 26.2 Å². The monoisotopic (exact) mass is 227 g/mol. The maximum absolute atomic E-state index is 11.7. The molecule has 1 aliphatic heterocycles. The minimum atomic E-state index is -0.0228. The van der Waals surface area contributed by atoms with E-state index in [0.29, 0.717) is 19.4 Å². The standard InChI is InChI=1S/C11H21N3O2/c1-2-5-13-10(15)3-4-11(16)14-8-6-12-7-9-14/h12H,2-9H2,1H3,(H,13,15). The Hall–Kier alpha value is -1.10. The molecule has 2 amide bonds. The van der Waals surface area contributed by atoms with E-state index in [-0.39, 0.29) is 11.8 Å². The van der Waals surface area contributed by atoms with Gasteiger partial charge in [-0.2, -0.15) is 0 Å².